The largest absolute Gasteiger partial charge is 0.152 e. The highest BCUT2D eigenvalue weighted by Crippen LogP contribution is 2.25. The molecule has 0 atom stereocenters. The molecule has 1 heteroatoms. The molecule has 0 saturated carbocycles. The van der Waals surface area contributed by atoms with Crippen LogP contribution in [0.25, 0.3) is 0 Å². The average molecular weight is 149 g/mol. The van der Waals surface area contributed by atoms with Crippen LogP contribution in [-0.2, 0) is 6.42 Å². The van der Waals surface area contributed by atoms with Crippen LogP contribution < -0.4 is 0 Å². The second-order valence-electron chi connectivity index (χ2n) is 2.44. The zero-order valence-corrected chi connectivity index (χ0v) is 6.53. The van der Waals surface area contributed by atoms with Crippen molar-refractivity contribution in [3.05, 3.63) is 41.1 Å². The van der Waals surface area contributed by atoms with Crippen molar-refractivity contribution in [2.75, 3.05) is 5.75 Å². The number of thioether (sulfide) groups is 1. The van der Waals surface area contributed by atoms with Gasteiger partial charge in [-0.1, -0.05) is 24.3 Å². The van der Waals surface area contributed by atoms with Crippen molar-refractivity contribution in [3.63, 3.8) is 0 Å². The highest BCUT2D eigenvalue weighted by Gasteiger charge is 2.06. The summed E-state index contributed by atoms with van der Waals surface area (Å²) in [5, 5.41) is 0. The topological polar surface area (TPSA) is 0 Å². The Morgan fingerprint density at radius 2 is 2.10 bits per heavy atom. The summed E-state index contributed by atoms with van der Waals surface area (Å²) < 4.78 is 0. The molecule has 2 rings (SSSR count). The Balaban J connectivity index is 2.41. The summed E-state index contributed by atoms with van der Waals surface area (Å²) in [6.07, 6.45) is 1.23. The van der Waals surface area contributed by atoms with E-state index in [4.69, 9.17) is 0 Å². The van der Waals surface area contributed by atoms with E-state index in [9.17, 15) is 0 Å². The summed E-state index contributed by atoms with van der Waals surface area (Å²) >= 11 is 1.91. The molecular formula is C9H9S. The van der Waals surface area contributed by atoms with E-state index in [-0.39, 0.29) is 0 Å². The Morgan fingerprint density at radius 3 is 3.00 bits per heavy atom. The molecule has 51 valence electrons. The van der Waals surface area contributed by atoms with Gasteiger partial charge in [0.05, 0.1) is 0 Å². The van der Waals surface area contributed by atoms with Gasteiger partial charge in [-0.3, -0.25) is 0 Å². The molecule has 0 amide bonds. The lowest BCUT2D eigenvalue weighted by Gasteiger charge is -2.13. The molecular weight excluding hydrogens is 140 g/mol. The molecule has 1 aromatic rings. The predicted octanol–water partition coefficient (Wildman–Crippen LogP) is 2.49. The van der Waals surface area contributed by atoms with Crippen molar-refractivity contribution in [2.45, 2.75) is 6.42 Å². The molecule has 0 fully saturated rings. The highest BCUT2D eigenvalue weighted by atomic mass is 32.2. The van der Waals surface area contributed by atoms with E-state index in [0.717, 1.165) is 0 Å². The quantitative estimate of drug-likeness (QED) is 0.546. The monoisotopic (exact) mass is 149 g/mol. The van der Waals surface area contributed by atoms with E-state index in [1.807, 2.05) is 11.8 Å². The van der Waals surface area contributed by atoms with E-state index in [1.54, 1.807) is 0 Å². The molecule has 0 aliphatic carbocycles. The molecule has 0 aromatic heterocycles. The van der Waals surface area contributed by atoms with Gasteiger partial charge in [0.15, 0.2) is 0 Å². The summed E-state index contributed by atoms with van der Waals surface area (Å²) in [5.41, 5.74) is 2.92. The molecule has 0 nitrogen and oxygen atoms in total. The van der Waals surface area contributed by atoms with E-state index < -0.39 is 0 Å². The van der Waals surface area contributed by atoms with Crippen molar-refractivity contribution < 1.29 is 0 Å². The minimum atomic E-state index is 1.23. The maximum absolute atomic E-state index is 2.25. The van der Waals surface area contributed by atoms with Gasteiger partial charge in [0.2, 0.25) is 0 Å². The molecule has 0 N–H and O–H groups in total. The minimum Gasteiger partial charge on any atom is -0.152 e. The molecule has 0 saturated heterocycles. The molecule has 0 unspecified atom stereocenters. The molecule has 1 aliphatic rings. The Hall–Kier alpha value is -0.430. The van der Waals surface area contributed by atoms with E-state index in [1.165, 1.54) is 23.3 Å². The lowest BCUT2D eigenvalue weighted by atomic mass is 10.1. The third-order valence-electron chi connectivity index (χ3n) is 1.75. The summed E-state index contributed by atoms with van der Waals surface area (Å²) in [7, 11) is 0. The Labute approximate surface area is 65.6 Å². The second-order valence-corrected chi connectivity index (χ2v) is 3.41. The minimum absolute atomic E-state index is 1.23. The maximum Gasteiger partial charge on any atom is 0.0459 e. The van der Waals surface area contributed by atoms with Crippen LogP contribution in [0.4, 0.5) is 0 Å². The van der Waals surface area contributed by atoms with Gasteiger partial charge >= 0.3 is 0 Å². The summed E-state index contributed by atoms with van der Waals surface area (Å²) in [6.45, 7) is 0. The fourth-order valence-electron chi connectivity index (χ4n) is 1.19. The van der Waals surface area contributed by atoms with Crippen molar-refractivity contribution in [3.8, 4) is 0 Å². The van der Waals surface area contributed by atoms with Crippen LogP contribution in [0, 0.1) is 5.75 Å². The Bertz CT molecular complexity index is 205. The van der Waals surface area contributed by atoms with Crippen molar-refractivity contribution in [1.29, 1.82) is 0 Å². The van der Waals surface area contributed by atoms with Crippen molar-refractivity contribution in [2.24, 2.45) is 0 Å². The standard InChI is InChI=1S/C9H9S/c1-2-4-9-7-10-6-5-8(9)3-1/h1-4,7H,5-6H2. The Morgan fingerprint density at radius 1 is 1.20 bits per heavy atom. The second kappa shape index (κ2) is 2.67. The first-order chi connectivity index (χ1) is 4.97. The highest BCUT2D eigenvalue weighted by molar-refractivity contribution is 8.01. The lowest BCUT2D eigenvalue weighted by Crippen LogP contribution is -1.99. The first-order valence-corrected chi connectivity index (χ1v) is 4.54. The van der Waals surface area contributed by atoms with Crippen LogP contribution in [0.15, 0.2) is 24.3 Å². The third kappa shape index (κ3) is 1.06. The van der Waals surface area contributed by atoms with E-state index in [0.29, 0.717) is 0 Å². The van der Waals surface area contributed by atoms with Crippen LogP contribution in [0.5, 0.6) is 0 Å². The van der Waals surface area contributed by atoms with Crippen LogP contribution >= 0.6 is 11.8 Å². The molecule has 1 aromatic carbocycles. The van der Waals surface area contributed by atoms with Gasteiger partial charge in [0.25, 0.3) is 0 Å². The molecule has 1 heterocycles. The molecule has 1 aliphatic heterocycles. The third-order valence-corrected chi connectivity index (χ3v) is 2.62. The molecule has 1 radical (unpaired) electrons. The fourth-order valence-corrected chi connectivity index (χ4v) is 2.06. The fraction of sp³-hybridized carbons (Fsp3) is 0.222. The van der Waals surface area contributed by atoms with Crippen LogP contribution in [0.3, 0.4) is 0 Å². The van der Waals surface area contributed by atoms with Crippen molar-refractivity contribution >= 4 is 11.8 Å². The number of hydrogen-bond donors (Lipinski definition) is 0. The number of benzene rings is 1. The van der Waals surface area contributed by atoms with E-state index >= 15 is 0 Å². The van der Waals surface area contributed by atoms with Gasteiger partial charge in [-0.2, -0.15) is 11.8 Å². The lowest BCUT2D eigenvalue weighted by molar-refractivity contribution is 1.12. The molecule has 10 heavy (non-hydrogen) atoms. The summed E-state index contributed by atoms with van der Waals surface area (Å²) in [6, 6.07) is 8.61. The maximum atomic E-state index is 2.25. The molecule has 0 bridgehead atoms. The van der Waals surface area contributed by atoms with Crippen LogP contribution in [-0.4, -0.2) is 5.75 Å². The number of hydrogen-bond acceptors (Lipinski definition) is 1. The number of fused-ring (bicyclic) bond motifs is 1. The number of rotatable bonds is 0. The summed E-state index contributed by atoms with van der Waals surface area (Å²) in [5.74, 6) is 3.50. The van der Waals surface area contributed by atoms with Crippen LogP contribution in [0.1, 0.15) is 11.1 Å². The van der Waals surface area contributed by atoms with Gasteiger partial charge in [-0.15, -0.1) is 0 Å². The first kappa shape index (κ1) is 6.29. The van der Waals surface area contributed by atoms with Gasteiger partial charge in [-0.05, 0) is 23.3 Å². The number of aryl methyl sites for hydroxylation is 1. The van der Waals surface area contributed by atoms with E-state index in [2.05, 4.69) is 30.0 Å². The van der Waals surface area contributed by atoms with Crippen molar-refractivity contribution in [1.82, 2.24) is 0 Å². The first-order valence-electron chi connectivity index (χ1n) is 3.49. The average Bonchev–Trinajstić information content (AvgIpc) is 2.05. The van der Waals surface area contributed by atoms with Gasteiger partial charge in [-0.25, -0.2) is 0 Å². The zero-order chi connectivity index (χ0) is 6.81. The van der Waals surface area contributed by atoms with Gasteiger partial charge in [0.1, 0.15) is 0 Å². The van der Waals surface area contributed by atoms with Crippen LogP contribution in [0.2, 0.25) is 0 Å². The normalized spacial score (nSPS) is 16.4. The molecule has 0 spiro atoms. The summed E-state index contributed by atoms with van der Waals surface area (Å²) in [4.78, 5) is 0. The zero-order valence-electron chi connectivity index (χ0n) is 5.71. The SMILES string of the molecule is [CH]1SCCc2ccccc21. The Kier molecular flexibility index (Phi) is 1.68. The van der Waals surface area contributed by atoms with Gasteiger partial charge in [0, 0.05) is 5.75 Å². The van der Waals surface area contributed by atoms with Gasteiger partial charge < -0.3 is 0 Å². The smallest absolute Gasteiger partial charge is 0.0459 e. The predicted molar refractivity (Wildman–Crippen MR) is 46.0 cm³/mol.